The second-order valence-electron chi connectivity index (χ2n) is 8.78. The normalized spacial score (nSPS) is 17.4. The molecular formula is C20H23F2N6O2S-. The molecule has 8 nitrogen and oxygen atoms in total. The molecule has 2 aromatic heterocycles. The summed E-state index contributed by atoms with van der Waals surface area (Å²) in [6, 6.07) is 7.16. The van der Waals surface area contributed by atoms with Crippen molar-refractivity contribution in [2.45, 2.75) is 50.8 Å². The maximum absolute atomic E-state index is 13.9. The molecule has 3 heterocycles. The molecule has 1 fully saturated rings. The maximum atomic E-state index is 13.9. The molecule has 4 rings (SSSR count). The second kappa shape index (κ2) is 7.86. The van der Waals surface area contributed by atoms with Gasteiger partial charge in [0.1, 0.15) is 5.82 Å². The van der Waals surface area contributed by atoms with E-state index < -0.39 is 29.0 Å². The summed E-state index contributed by atoms with van der Waals surface area (Å²) in [5.41, 5.74) is 1.80. The number of hydrogen-bond acceptors (Lipinski definition) is 7. The Kier molecular flexibility index (Phi) is 5.50. The highest BCUT2D eigenvalue weighted by atomic mass is 32.2. The molecule has 1 saturated heterocycles. The largest absolute Gasteiger partial charge is 0.772 e. The number of aromatic nitrogens is 5. The highest BCUT2D eigenvalue weighted by Crippen LogP contribution is 2.34. The third-order valence-electron chi connectivity index (χ3n) is 5.20. The summed E-state index contributed by atoms with van der Waals surface area (Å²) in [6.45, 7) is 5.85. The second-order valence-corrected chi connectivity index (χ2v) is 9.68. The molecule has 0 spiro atoms. The first kappa shape index (κ1) is 21.7. The van der Waals surface area contributed by atoms with Crippen molar-refractivity contribution in [3.05, 3.63) is 41.2 Å². The predicted molar refractivity (Wildman–Crippen MR) is 112 cm³/mol. The van der Waals surface area contributed by atoms with Crippen LogP contribution in [-0.4, -0.2) is 52.7 Å². The molecule has 1 aliphatic rings. The third kappa shape index (κ3) is 4.57. The quantitative estimate of drug-likeness (QED) is 0.552. The summed E-state index contributed by atoms with van der Waals surface area (Å²) in [5, 5.41) is 8.40. The van der Waals surface area contributed by atoms with Gasteiger partial charge < -0.3 is 9.45 Å². The molecule has 0 amide bonds. The average molecular weight is 450 g/mol. The van der Waals surface area contributed by atoms with Gasteiger partial charge in [-0.2, -0.15) is 0 Å². The lowest BCUT2D eigenvalue weighted by Gasteiger charge is -2.22. The summed E-state index contributed by atoms with van der Waals surface area (Å²) < 4.78 is 51.8. The van der Waals surface area contributed by atoms with Crippen molar-refractivity contribution in [1.82, 2.24) is 25.0 Å². The fraction of sp³-hybridized carbons (Fsp3) is 0.500. The SMILES string of the molecule is CC(C)(C)c1nc(N2CCC(F)(F)C2)c2nnn(Cc3ccccc3CS(=O)[O-])c2n1. The van der Waals surface area contributed by atoms with Crippen LogP contribution in [0.1, 0.15) is 44.1 Å². The van der Waals surface area contributed by atoms with E-state index in [9.17, 15) is 17.5 Å². The number of alkyl halides is 2. The van der Waals surface area contributed by atoms with E-state index in [4.69, 9.17) is 0 Å². The fourth-order valence-electron chi connectivity index (χ4n) is 3.56. The van der Waals surface area contributed by atoms with Crippen molar-refractivity contribution < 1.29 is 17.5 Å². The van der Waals surface area contributed by atoms with Crippen LogP contribution in [0, 0.1) is 0 Å². The highest BCUT2D eigenvalue weighted by Gasteiger charge is 2.40. The van der Waals surface area contributed by atoms with Gasteiger partial charge in [0.15, 0.2) is 17.0 Å². The van der Waals surface area contributed by atoms with Crippen LogP contribution in [0.5, 0.6) is 0 Å². The first-order valence-electron chi connectivity index (χ1n) is 9.91. The number of benzene rings is 1. The Morgan fingerprint density at radius 2 is 1.90 bits per heavy atom. The zero-order valence-electron chi connectivity index (χ0n) is 17.5. The molecule has 0 aliphatic carbocycles. The number of halogens is 2. The van der Waals surface area contributed by atoms with E-state index in [1.54, 1.807) is 16.8 Å². The van der Waals surface area contributed by atoms with Crippen molar-refractivity contribution in [2.24, 2.45) is 0 Å². The summed E-state index contributed by atoms with van der Waals surface area (Å²) in [7, 11) is 0. The Morgan fingerprint density at radius 1 is 1.19 bits per heavy atom. The first-order chi connectivity index (χ1) is 14.5. The molecule has 0 bridgehead atoms. The van der Waals surface area contributed by atoms with Crippen molar-refractivity contribution in [3.63, 3.8) is 0 Å². The van der Waals surface area contributed by atoms with Gasteiger partial charge in [-0.05, 0) is 11.1 Å². The molecule has 11 heteroatoms. The average Bonchev–Trinajstić information content (AvgIpc) is 3.24. The van der Waals surface area contributed by atoms with Crippen LogP contribution in [0.15, 0.2) is 24.3 Å². The minimum atomic E-state index is -2.78. The molecular weight excluding hydrogens is 426 g/mol. The van der Waals surface area contributed by atoms with Gasteiger partial charge in [0.25, 0.3) is 5.92 Å². The molecule has 3 aromatic rings. The van der Waals surface area contributed by atoms with Crippen LogP contribution in [-0.2, 0) is 28.8 Å². The van der Waals surface area contributed by atoms with Crippen LogP contribution in [0.25, 0.3) is 11.2 Å². The van der Waals surface area contributed by atoms with Crippen molar-refractivity contribution in [1.29, 1.82) is 0 Å². The molecule has 1 aliphatic heterocycles. The van der Waals surface area contributed by atoms with Gasteiger partial charge >= 0.3 is 0 Å². The molecule has 1 unspecified atom stereocenters. The van der Waals surface area contributed by atoms with Crippen molar-refractivity contribution in [2.75, 3.05) is 18.0 Å². The molecule has 0 saturated carbocycles. The van der Waals surface area contributed by atoms with Crippen LogP contribution < -0.4 is 4.90 Å². The van der Waals surface area contributed by atoms with Gasteiger partial charge in [-0.25, -0.2) is 23.4 Å². The van der Waals surface area contributed by atoms with E-state index in [1.165, 1.54) is 4.90 Å². The molecule has 31 heavy (non-hydrogen) atoms. The van der Waals surface area contributed by atoms with Gasteiger partial charge in [-0.15, -0.1) is 5.10 Å². The van der Waals surface area contributed by atoms with E-state index >= 15 is 0 Å². The van der Waals surface area contributed by atoms with E-state index in [1.807, 2.05) is 32.9 Å². The Bertz CT molecular complexity index is 1140. The number of nitrogens with zero attached hydrogens (tertiary/aromatic N) is 6. The predicted octanol–water partition coefficient (Wildman–Crippen LogP) is 2.79. The minimum absolute atomic E-state index is 0.112. The molecule has 0 N–H and O–H groups in total. The number of fused-ring (bicyclic) bond motifs is 1. The van der Waals surface area contributed by atoms with E-state index in [0.717, 1.165) is 5.56 Å². The lowest BCUT2D eigenvalue weighted by atomic mass is 9.96. The van der Waals surface area contributed by atoms with Crippen LogP contribution in [0.3, 0.4) is 0 Å². The van der Waals surface area contributed by atoms with Gasteiger partial charge in [-0.3, -0.25) is 4.21 Å². The number of hydrogen-bond donors (Lipinski definition) is 0. The van der Waals surface area contributed by atoms with Crippen LogP contribution in [0.4, 0.5) is 14.6 Å². The molecule has 1 atom stereocenters. The minimum Gasteiger partial charge on any atom is -0.772 e. The van der Waals surface area contributed by atoms with Gasteiger partial charge in [0.2, 0.25) is 0 Å². The van der Waals surface area contributed by atoms with Gasteiger partial charge in [0, 0.05) is 24.1 Å². The summed E-state index contributed by atoms with van der Waals surface area (Å²) in [6.07, 6.45) is -0.239. The molecule has 0 radical (unpaired) electrons. The molecule has 166 valence electrons. The van der Waals surface area contributed by atoms with Gasteiger partial charge in [-0.1, -0.05) is 61.3 Å². The van der Waals surface area contributed by atoms with E-state index in [0.29, 0.717) is 28.4 Å². The van der Waals surface area contributed by atoms with Crippen LogP contribution in [0.2, 0.25) is 0 Å². The standard InChI is InChI=1S/C20H24F2N6O2S/c1-19(2,3)18-23-16(27-9-8-20(21,22)12-27)15-17(24-18)28(26-25-15)10-13-6-4-5-7-14(13)11-31(29)30/h4-7H,8-12H2,1-3H3,(H,29,30)/p-1. The van der Waals surface area contributed by atoms with E-state index in [2.05, 4.69) is 20.3 Å². The Balaban J connectivity index is 1.80. The lowest BCUT2D eigenvalue weighted by Crippen LogP contribution is -2.27. The Morgan fingerprint density at radius 3 is 2.52 bits per heavy atom. The fourth-order valence-corrected chi connectivity index (χ4v) is 4.10. The Labute approximate surface area is 181 Å². The summed E-state index contributed by atoms with van der Waals surface area (Å²) in [4.78, 5) is 10.8. The Hall–Kier alpha value is -2.53. The number of anilines is 1. The van der Waals surface area contributed by atoms with E-state index in [-0.39, 0.29) is 25.3 Å². The zero-order valence-corrected chi connectivity index (χ0v) is 18.3. The molecule has 1 aromatic carbocycles. The smallest absolute Gasteiger partial charge is 0.266 e. The maximum Gasteiger partial charge on any atom is 0.266 e. The topological polar surface area (TPSA) is 99.9 Å². The zero-order chi connectivity index (χ0) is 22.4. The summed E-state index contributed by atoms with van der Waals surface area (Å²) >= 11 is -2.23. The summed E-state index contributed by atoms with van der Waals surface area (Å²) in [5.74, 6) is -2.03. The lowest BCUT2D eigenvalue weighted by molar-refractivity contribution is 0.0257. The number of rotatable bonds is 5. The van der Waals surface area contributed by atoms with Crippen molar-refractivity contribution >= 4 is 28.1 Å². The highest BCUT2D eigenvalue weighted by molar-refractivity contribution is 7.78. The van der Waals surface area contributed by atoms with Gasteiger partial charge in [0.05, 0.1) is 13.1 Å². The van der Waals surface area contributed by atoms with Crippen molar-refractivity contribution in [3.8, 4) is 0 Å². The first-order valence-corrected chi connectivity index (χ1v) is 11.1. The third-order valence-corrected chi connectivity index (χ3v) is 5.74. The van der Waals surface area contributed by atoms with Crippen LogP contribution >= 0.6 is 0 Å². The monoisotopic (exact) mass is 449 g/mol.